The molecular formula is C16H13NOS. The Morgan fingerprint density at radius 2 is 1.95 bits per heavy atom. The van der Waals surface area contributed by atoms with E-state index in [1.807, 2.05) is 37.3 Å². The van der Waals surface area contributed by atoms with Crippen LogP contribution in [0.15, 0.2) is 58.5 Å². The van der Waals surface area contributed by atoms with Gasteiger partial charge in [-0.2, -0.15) is 0 Å². The number of nitrogens with one attached hydrogen (secondary N) is 1. The van der Waals surface area contributed by atoms with Gasteiger partial charge in [-0.25, -0.2) is 0 Å². The molecular weight excluding hydrogens is 254 g/mol. The topological polar surface area (TPSA) is 32.9 Å². The number of aryl methyl sites for hydroxylation is 1. The van der Waals surface area contributed by atoms with Gasteiger partial charge in [0.2, 0.25) is 0 Å². The Hall–Kier alpha value is -2.00. The summed E-state index contributed by atoms with van der Waals surface area (Å²) in [6.07, 6.45) is 0.879. The first kappa shape index (κ1) is 12.1. The molecule has 19 heavy (non-hydrogen) atoms. The summed E-state index contributed by atoms with van der Waals surface area (Å²) in [5.41, 5.74) is 2.99. The van der Waals surface area contributed by atoms with Gasteiger partial charge in [0.25, 0.3) is 0 Å². The monoisotopic (exact) mass is 267 g/mol. The van der Waals surface area contributed by atoms with Crippen LogP contribution in [0.4, 0.5) is 0 Å². The molecule has 0 bridgehead atoms. The van der Waals surface area contributed by atoms with Gasteiger partial charge in [-0.3, -0.25) is 4.79 Å². The second-order valence-corrected chi connectivity index (χ2v) is 5.55. The van der Waals surface area contributed by atoms with Crippen LogP contribution >= 0.6 is 11.8 Å². The van der Waals surface area contributed by atoms with Crippen LogP contribution in [0.5, 0.6) is 0 Å². The van der Waals surface area contributed by atoms with E-state index >= 15 is 0 Å². The van der Waals surface area contributed by atoms with E-state index in [2.05, 4.69) is 23.2 Å². The Labute approximate surface area is 115 Å². The zero-order valence-corrected chi connectivity index (χ0v) is 11.3. The maximum Gasteiger partial charge on any atom is 0.150 e. The average Bonchev–Trinajstić information content (AvgIpc) is 2.83. The number of para-hydroxylation sites is 1. The van der Waals surface area contributed by atoms with Crippen LogP contribution in [-0.2, 0) is 0 Å². The molecule has 1 aromatic heterocycles. The highest BCUT2D eigenvalue weighted by molar-refractivity contribution is 7.99. The van der Waals surface area contributed by atoms with Crippen molar-refractivity contribution in [3.8, 4) is 0 Å². The van der Waals surface area contributed by atoms with Crippen LogP contribution in [0.1, 0.15) is 15.9 Å². The minimum absolute atomic E-state index is 0.721. The Balaban J connectivity index is 1.94. The molecule has 3 aromatic rings. The van der Waals surface area contributed by atoms with Gasteiger partial charge in [0.15, 0.2) is 0 Å². The smallest absolute Gasteiger partial charge is 0.150 e. The summed E-state index contributed by atoms with van der Waals surface area (Å²) >= 11 is 1.69. The summed E-state index contributed by atoms with van der Waals surface area (Å²) in [6.45, 7) is 2.03. The second-order valence-electron chi connectivity index (χ2n) is 4.47. The van der Waals surface area contributed by atoms with Gasteiger partial charge in [-0.1, -0.05) is 36.0 Å². The van der Waals surface area contributed by atoms with Crippen LogP contribution in [0.2, 0.25) is 0 Å². The van der Waals surface area contributed by atoms with Gasteiger partial charge in [0, 0.05) is 21.4 Å². The highest BCUT2D eigenvalue weighted by Gasteiger charge is 2.05. The summed E-state index contributed by atoms with van der Waals surface area (Å²) in [5, 5.41) is 2.33. The lowest BCUT2D eigenvalue weighted by Crippen LogP contribution is -1.84. The van der Waals surface area contributed by atoms with Gasteiger partial charge in [-0.05, 0) is 36.8 Å². The molecule has 1 heterocycles. The van der Waals surface area contributed by atoms with Crippen molar-refractivity contribution in [3.05, 3.63) is 59.7 Å². The maximum absolute atomic E-state index is 10.7. The van der Waals surface area contributed by atoms with Gasteiger partial charge >= 0.3 is 0 Å². The molecule has 0 amide bonds. The van der Waals surface area contributed by atoms with Crippen LogP contribution in [-0.4, -0.2) is 11.3 Å². The lowest BCUT2D eigenvalue weighted by molar-refractivity contribution is 0.112. The van der Waals surface area contributed by atoms with Crippen molar-refractivity contribution in [2.75, 3.05) is 0 Å². The standard InChI is InChI=1S/C16H13NOS/c1-11-8-12(10-18)6-7-15(11)19-16-9-13-4-2-3-5-14(13)17-16/h2-10,17H,1H3. The molecule has 0 atom stereocenters. The summed E-state index contributed by atoms with van der Waals surface area (Å²) in [7, 11) is 0. The Morgan fingerprint density at radius 3 is 2.68 bits per heavy atom. The third-order valence-corrected chi connectivity index (χ3v) is 4.18. The minimum Gasteiger partial charge on any atom is -0.349 e. The second kappa shape index (κ2) is 4.94. The van der Waals surface area contributed by atoms with E-state index in [9.17, 15) is 4.79 Å². The Bertz CT molecular complexity index is 712. The zero-order chi connectivity index (χ0) is 13.2. The number of aromatic nitrogens is 1. The molecule has 0 aliphatic rings. The first-order valence-corrected chi connectivity index (χ1v) is 6.89. The third-order valence-electron chi connectivity index (χ3n) is 3.06. The predicted molar refractivity (Wildman–Crippen MR) is 79.0 cm³/mol. The van der Waals surface area contributed by atoms with Crippen LogP contribution in [0.25, 0.3) is 10.9 Å². The maximum atomic E-state index is 10.7. The van der Waals surface area contributed by atoms with Gasteiger partial charge in [-0.15, -0.1) is 0 Å². The number of fused-ring (bicyclic) bond motifs is 1. The normalized spacial score (nSPS) is 10.8. The molecule has 0 spiro atoms. The molecule has 0 saturated heterocycles. The van der Waals surface area contributed by atoms with Crippen molar-refractivity contribution in [1.82, 2.24) is 4.98 Å². The summed E-state index contributed by atoms with van der Waals surface area (Å²) < 4.78 is 0. The SMILES string of the molecule is Cc1cc(C=O)ccc1Sc1cc2ccccc2[nH]1. The number of benzene rings is 2. The fourth-order valence-corrected chi connectivity index (χ4v) is 3.02. The van der Waals surface area contributed by atoms with E-state index in [4.69, 9.17) is 0 Å². The minimum atomic E-state index is 0.721. The number of hydrogen-bond acceptors (Lipinski definition) is 2. The average molecular weight is 267 g/mol. The molecule has 0 aliphatic heterocycles. The van der Waals surface area contributed by atoms with Gasteiger partial charge in [0.1, 0.15) is 6.29 Å². The van der Waals surface area contributed by atoms with E-state index in [1.165, 1.54) is 5.39 Å². The molecule has 2 nitrogen and oxygen atoms in total. The number of hydrogen-bond donors (Lipinski definition) is 1. The molecule has 1 N–H and O–H groups in total. The third kappa shape index (κ3) is 2.42. The summed E-state index contributed by atoms with van der Waals surface area (Å²) in [6, 6.07) is 16.1. The predicted octanol–water partition coefficient (Wildman–Crippen LogP) is 4.44. The number of carbonyl (C=O) groups is 1. The number of rotatable bonds is 3. The van der Waals surface area contributed by atoms with Crippen LogP contribution < -0.4 is 0 Å². The van der Waals surface area contributed by atoms with Crippen molar-refractivity contribution >= 4 is 29.0 Å². The summed E-state index contributed by atoms with van der Waals surface area (Å²) in [4.78, 5) is 15.3. The van der Waals surface area contributed by atoms with E-state index in [0.29, 0.717) is 0 Å². The van der Waals surface area contributed by atoms with Crippen LogP contribution in [0, 0.1) is 6.92 Å². The summed E-state index contributed by atoms with van der Waals surface area (Å²) in [5.74, 6) is 0. The number of carbonyl (C=O) groups excluding carboxylic acids is 1. The molecule has 2 aromatic carbocycles. The van der Waals surface area contributed by atoms with Crippen molar-refractivity contribution < 1.29 is 4.79 Å². The van der Waals surface area contributed by atoms with E-state index in [0.717, 1.165) is 32.9 Å². The highest BCUT2D eigenvalue weighted by atomic mass is 32.2. The van der Waals surface area contributed by atoms with Gasteiger partial charge < -0.3 is 4.98 Å². The molecule has 0 radical (unpaired) electrons. The Morgan fingerprint density at radius 1 is 1.11 bits per heavy atom. The van der Waals surface area contributed by atoms with Crippen molar-refractivity contribution in [3.63, 3.8) is 0 Å². The van der Waals surface area contributed by atoms with E-state index < -0.39 is 0 Å². The van der Waals surface area contributed by atoms with Crippen molar-refractivity contribution in [2.45, 2.75) is 16.8 Å². The first-order chi connectivity index (χ1) is 9.26. The molecule has 0 saturated carbocycles. The number of aldehydes is 1. The lowest BCUT2D eigenvalue weighted by Gasteiger charge is -2.04. The van der Waals surface area contributed by atoms with Crippen molar-refractivity contribution in [1.29, 1.82) is 0 Å². The fourth-order valence-electron chi connectivity index (χ4n) is 2.08. The first-order valence-electron chi connectivity index (χ1n) is 6.08. The Kier molecular flexibility index (Phi) is 3.13. The highest BCUT2D eigenvalue weighted by Crippen LogP contribution is 2.32. The molecule has 3 rings (SSSR count). The molecule has 3 heteroatoms. The zero-order valence-electron chi connectivity index (χ0n) is 10.5. The van der Waals surface area contributed by atoms with Crippen molar-refractivity contribution in [2.24, 2.45) is 0 Å². The number of H-pyrrole nitrogens is 1. The van der Waals surface area contributed by atoms with E-state index in [1.54, 1.807) is 11.8 Å². The molecule has 0 aliphatic carbocycles. The number of aromatic amines is 1. The van der Waals surface area contributed by atoms with Crippen LogP contribution in [0.3, 0.4) is 0 Å². The molecule has 0 unspecified atom stereocenters. The lowest BCUT2D eigenvalue weighted by atomic mass is 10.2. The molecule has 94 valence electrons. The largest absolute Gasteiger partial charge is 0.349 e. The quantitative estimate of drug-likeness (QED) is 0.712. The fraction of sp³-hybridized carbons (Fsp3) is 0.0625. The molecule has 0 fully saturated rings. The van der Waals surface area contributed by atoms with Gasteiger partial charge in [0.05, 0.1) is 5.03 Å². The van der Waals surface area contributed by atoms with E-state index in [-0.39, 0.29) is 0 Å².